The Balaban J connectivity index is 1.48. The van der Waals surface area contributed by atoms with Crippen molar-refractivity contribution in [3.8, 4) is 5.75 Å². The summed E-state index contributed by atoms with van der Waals surface area (Å²) in [6.45, 7) is -0.0856. The molecule has 1 aliphatic rings. The molecule has 0 saturated heterocycles. The highest BCUT2D eigenvalue weighted by Gasteiger charge is 2.28. The number of nitrogens with zero attached hydrogens (tertiary/aromatic N) is 1. The van der Waals surface area contributed by atoms with Gasteiger partial charge in [0.15, 0.2) is 6.10 Å². The third-order valence-electron chi connectivity index (χ3n) is 5.21. The van der Waals surface area contributed by atoms with Crippen molar-refractivity contribution in [1.82, 2.24) is 0 Å². The third-order valence-corrected chi connectivity index (χ3v) is 6.55. The van der Waals surface area contributed by atoms with Gasteiger partial charge in [-0.25, -0.2) is 4.79 Å². The minimum Gasteiger partial charge on any atom is -0.482 e. The van der Waals surface area contributed by atoms with E-state index in [0.717, 1.165) is 16.0 Å². The number of hydrogen-bond donors (Lipinski definition) is 3. The Kier molecular flexibility index (Phi) is 6.98. The summed E-state index contributed by atoms with van der Waals surface area (Å²) in [4.78, 5) is 23.8. The fourth-order valence-electron chi connectivity index (χ4n) is 3.54. The summed E-state index contributed by atoms with van der Waals surface area (Å²) in [6, 6.07) is 20.7. The van der Waals surface area contributed by atoms with E-state index in [1.165, 1.54) is 36.0 Å². The minimum absolute atomic E-state index is 0.0856. The number of amides is 1. The number of fused-ring (bicyclic) bond motifs is 1. The van der Waals surface area contributed by atoms with E-state index in [9.17, 15) is 14.9 Å². The second kappa shape index (κ2) is 10.3. The number of nitrogens with one attached hydrogen (secondary N) is 2. The number of thioether (sulfide) groups is 1. The Labute approximate surface area is 199 Å². The standard InChI is InChI=1S/C24H22N4O5S/c25-23(26)22-13-18-19(10-5-11-21(18)34-22)33-20(15-6-2-1-3-7-15)14-32-24(29)27-16-8-4-9-17(12-16)28(30)31/h1-12,20,22H,13-14H2,(H3,25,26)(H,27,29). The summed E-state index contributed by atoms with van der Waals surface area (Å²) in [5.41, 5.74) is 7.61. The SMILES string of the molecule is N=C(N)C1Cc2c(OC(COC(=O)Nc3cccc([N+](=O)[O-])c3)c3ccccc3)cccc2S1. The summed E-state index contributed by atoms with van der Waals surface area (Å²) in [6.07, 6.45) is -0.762. The fourth-order valence-corrected chi connectivity index (χ4v) is 4.71. The number of rotatable bonds is 8. The second-order valence-corrected chi connectivity index (χ2v) is 8.79. The molecule has 9 nitrogen and oxygen atoms in total. The topological polar surface area (TPSA) is 141 Å². The molecule has 10 heteroatoms. The number of ether oxygens (including phenoxy) is 2. The Hall–Kier alpha value is -4.05. The van der Waals surface area contributed by atoms with E-state index in [1.807, 2.05) is 48.5 Å². The molecule has 2 unspecified atom stereocenters. The van der Waals surface area contributed by atoms with Crippen LogP contribution in [0, 0.1) is 15.5 Å². The number of carbonyl (C=O) groups excluding carboxylic acids is 1. The van der Waals surface area contributed by atoms with Gasteiger partial charge in [-0.2, -0.15) is 0 Å². The van der Waals surface area contributed by atoms with Gasteiger partial charge in [0.25, 0.3) is 5.69 Å². The summed E-state index contributed by atoms with van der Waals surface area (Å²) < 4.78 is 11.7. The molecular weight excluding hydrogens is 456 g/mol. The van der Waals surface area contributed by atoms with Crippen LogP contribution >= 0.6 is 11.8 Å². The zero-order chi connectivity index (χ0) is 24.1. The van der Waals surface area contributed by atoms with Gasteiger partial charge in [0.1, 0.15) is 18.2 Å². The van der Waals surface area contributed by atoms with Gasteiger partial charge >= 0.3 is 6.09 Å². The number of nitrogens with two attached hydrogens (primary N) is 1. The van der Waals surface area contributed by atoms with Gasteiger partial charge < -0.3 is 15.2 Å². The van der Waals surface area contributed by atoms with E-state index in [1.54, 1.807) is 0 Å². The molecule has 1 heterocycles. The highest BCUT2D eigenvalue weighted by atomic mass is 32.2. The molecule has 1 amide bonds. The third kappa shape index (κ3) is 5.46. The summed E-state index contributed by atoms with van der Waals surface area (Å²) in [5.74, 6) is 0.762. The first-order valence-corrected chi connectivity index (χ1v) is 11.3. The lowest BCUT2D eigenvalue weighted by molar-refractivity contribution is -0.384. The van der Waals surface area contributed by atoms with E-state index >= 15 is 0 Å². The number of nitro benzene ring substituents is 1. The van der Waals surface area contributed by atoms with Gasteiger partial charge in [-0.05, 0) is 30.2 Å². The van der Waals surface area contributed by atoms with Crippen molar-refractivity contribution in [3.63, 3.8) is 0 Å². The molecule has 2 atom stereocenters. The van der Waals surface area contributed by atoms with E-state index in [-0.39, 0.29) is 29.1 Å². The van der Waals surface area contributed by atoms with Crippen molar-refractivity contribution in [3.05, 3.63) is 94.0 Å². The van der Waals surface area contributed by atoms with E-state index < -0.39 is 17.1 Å². The fraction of sp³-hybridized carbons (Fsp3) is 0.167. The highest BCUT2D eigenvalue weighted by Crippen LogP contribution is 2.42. The van der Waals surface area contributed by atoms with Crippen LogP contribution in [0.25, 0.3) is 0 Å². The lowest BCUT2D eigenvalue weighted by atomic mass is 10.1. The average molecular weight is 479 g/mol. The molecule has 0 aliphatic carbocycles. The summed E-state index contributed by atoms with van der Waals surface area (Å²) in [7, 11) is 0. The Morgan fingerprint density at radius 1 is 1.18 bits per heavy atom. The molecule has 4 rings (SSSR count). The number of carbonyl (C=O) groups is 1. The van der Waals surface area contributed by atoms with Crippen molar-refractivity contribution in [2.45, 2.75) is 22.7 Å². The molecular formula is C24H22N4O5S. The van der Waals surface area contributed by atoms with Crippen LogP contribution < -0.4 is 15.8 Å². The first-order chi connectivity index (χ1) is 16.4. The number of anilines is 1. The van der Waals surface area contributed by atoms with E-state index in [2.05, 4.69) is 5.32 Å². The van der Waals surface area contributed by atoms with Crippen LogP contribution in [0.3, 0.4) is 0 Å². The molecule has 0 bridgehead atoms. The minimum atomic E-state index is -0.754. The molecule has 34 heavy (non-hydrogen) atoms. The first kappa shape index (κ1) is 23.1. The predicted octanol–water partition coefficient (Wildman–Crippen LogP) is 4.92. The lowest BCUT2D eigenvalue weighted by Gasteiger charge is -2.21. The average Bonchev–Trinajstić information content (AvgIpc) is 3.28. The molecule has 0 fully saturated rings. The summed E-state index contributed by atoms with van der Waals surface area (Å²) in [5, 5.41) is 21.1. The zero-order valence-electron chi connectivity index (χ0n) is 18.0. The number of hydrogen-bond acceptors (Lipinski definition) is 7. The largest absolute Gasteiger partial charge is 0.482 e. The number of non-ortho nitro benzene ring substituents is 1. The summed E-state index contributed by atoms with van der Waals surface area (Å²) >= 11 is 1.53. The molecule has 0 saturated carbocycles. The molecule has 4 N–H and O–H groups in total. The quantitative estimate of drug-likeness (QED) is 0.181. The molecule has 174 valence electrons. The van der Waals surface area contributed by atoms with Crippen molar-refractivity contribution in [1.29, 1.82) is 5.41 Å². The van der Waals surface area contributed by atoms with Gasteiger partial charge in [-0.1, -0.05) is 42.5 Å². The van der Waals surface area contributed by atoms with Crippen LogP contribution in [0.1, 0.15) is 17.2 Å². The molecule has 0 aromatic heterocycles. The van der Waals surface area contributed by atoms with Crippen LogP contribution in [-0.2, 0) is 11.2 Å². The van der Waals surface area contributed by atoms with Crippen LogP contribution in [0.4, 0.5) is 16.2 Å². The predicted molar refractivity (Wildman–Crippen MR) is 130 cm³/mol. The first-order valence-electron chi connectivity index (χ1n) is 10.4. The highest BCUT2D eigenvalue weighted by molar-refractivity contribution is 8.01. The van der Waals surface area contributed by atoms with Gasteiger partial charge in [-0.15, -0.1) is 11.8 Å². The second-order valence-electron chi connectivity index (χ2n) is 7.55. The van der Waals surface area contributed by atoms with Crippen LogP contribution in [0.5, 0.6) is 5.75 Å². The van der Waals surface area contributed by atoms with Crippen molar-refractivity contribution < 1.29 is 19.2 Å². The molecule has 3 aromatic rings. The lowest BCUT2D eigenvalue weighted by Crippen LogP contribution is -2.24. The number of nitro groups is 1. The van der Waals surface area contributed by atoms with Crippen molar-refractivity contribution in [2.24, 2.45) is 5.73 Å². The van der Waals surface area contributed by atoms with Gasteiger partial charge in [0.05, 0.1) is 15.9 Å². The van der Waals surface area contributed by atoms with Crippen LogP contribution in [0.2, 0.25) is 0 Å². The number of benzene rings is 3. The molecule has 0 radical (unpaired) electrons. The van der Waals surface area contributed by atoms with E-state index in [0.29, 0.717) is 12.2 Å². The van der Waals surface area contributed by atoms with Gasteiger partial charge in [0, 0.05) is 22.6 Å². The maximum atomic E-state index is 12.4. The van der Waals surface area contributed by atoms with Crippen molar-refractivity contribution in [2.75, 3.05) is 11.9 Å². The van der Waals surface area contributed by atoms with Crippen molar-refractivity contribution >= 4 is 35.1 Å². The smallest absolute Gasteiger partial charge is 0.411 e. The monoisotopic (exact) mass is 478 g/mol. The Bertz CT molecular complexity index is 1220. The van der Waals surface area contributed by atoms with Crippen LogP contribution in [-0.4, -0.2) is 28.7 Å². The Morgan fingerprint density at radius 2 is 1.94 bits per heavy atom. The van der Waals surface area contributed by atoms with Crippen LogP contribution in [0.15, 0.2) is 77.7 Å². The molecule has 3 aromatic carbocycles. The van der Waals surface area contributed by atoms with Gasteiger partial charge in [0.2, 0.25) is 0 Å². The maximum Gasteiger partial charge on any atom is 0.411 e. The van der Waals surface area contributed by atoms with Gasteiger partial charge in [-0.3, -0.25) is 20.8 Å². The number of amidine groups is 1. The maximum absolute atomic E-state index is 12.4. The normalized spacial score (nSPS) is 15.1. The Morgan fingerprint density at radius 3 is 2.68 bits per heavy atom. The van der Waals surface area contributed by atoms with E-state index in [4.69, 9.17) is 20.6 Å². The zero-order valence-corrected chi connectivity index (χ0v) is 18.8. The molecule has 1 aliphatic heterocycles. The molecule has 0 spiro atoms.